The molecule has 4 rings (SSSR count). The fourth-order valence-electron chi connectivity index (χ4n) is 3.70. The number of halogens is 1. The fourth-order valence-corrected chi connectivity index (χ4v) is 3.87. The number of hydrogen-bond acceptors (Lipinski definition) is 3. The number of nitrogens with one attached hydrogen (secondary N) is 1. The minimum atomic E-state index is -0.412. The lowest BCUT2D eigenvalue weighted by Crippen LogP contribution is -2.24. The first-order valence-electron chi connectivity index (χ1n) is 10.7. The molecule has 6 heteroatoms. The summed E-state index contributed by atoms with van der Waals surface area (Å²) in [5, 5.41) is 3.54. The quantitative estimate of drug-likeness (QED) is 0.393. The number of aryl methyl sites for hydroxylation is 2. The number of pyridine rings is 1. The molecule has 0 aliphatic heterocycles. The third kappa shape index (κ3) is 4.89. The molecule has 1 amide bonds. The summed E-state index contributed by atoms with van der Waals surface area (Å²) < 4.78 is 1.62. The zero-order valence-electron chi connectivity index (χ0n) is 18.4. The smallest absolute Gasteiger partial charge is 0.244 e. The Morgan fingerprint density at radius 3 is 2.33 bits per heavy atom. The van der Waals surface area contributed by atoms with Crippen molar-refractivity contribution in [2.45, 2.75) is 26.8 Å². The van der Waals surface area contributed by atoms with Gasteiger partial charge in [-0.2, -0.15) is 0 Å². The lowest BCUT2D eigenvalue weighted by Gasteiger charge is -2.14. The number of aromatic nitrogens is 1. The first kappa shape index (κ1) is 22.5. The number of nitrogens with zero attached hydrogens (tertiary/aromatic N) is 1. The molecular formula is C27H23ClN2O3. The molecule has 1 aromatic heterocycles. The van der Waals surface area contributed by atoms with Gasteiger partial charge in [0.1, 0.15) is 6.54 Å². The molecule has 166 valence electrons. The van der Waals surface area contributed by atoms with E-state index < -0.39 is 11.2 Å². The maximum Gasteiger partial charge on any atom is 0.244 e. The third-order valence-corrected chi connectivity index (χ3v) is 5.80. The Morgan fingerprint density at radius 2 is 1.67 bits per heavy atom. The number of fused-ring (bicyclic) bond motifs is 1. The normalized spacial score (nSPS) is 10.9. The molecule has 0 radical (unpaired) electrons. The highest BCUT2D eigenvalue weighted by Gasteiger charge is 2.18. The van der Waals surface area contributed by atoms with Crippen LogP contribution in [0.25, 0.3) is 10.9 Å². The van der Waals surface area contributed by atoms with Gasteiger partial charge in [0.05, 0.1) is 11.1 Å². The van der Waals surface area contributed by atoms with Crippen molar-refractivity contribution in [2.24, 2.45) is 0 Å². The first-order chi connectivity index (χ1) is 15.9. The Morgan fingerprint density at radius 1 is 0.970 bits per heavy atom. The average molecular weight is 459 g/mol. The van der Waals surface area contributed by atoms with Crippen LogP contribution >= 0.6 is 11.6 Å². The second-order valence-corrected chi connectivity index (χ2v) is 8.39. The fraction of sp³-hybridized carbons (Fsp3) is 0.148. The molecule has 0 aliphatic rings. The molecule has 3 aromatic carbocycles. The van der Waals surface area contributed by atoms with Crippen molar-refractivity contribution < 1.29 is 9.59 Å². The Kier molecular flexibility index (Phi) is 6.43. The van der Waals surface area contributed by atoms with E-state index in [0.717, 1.165) is 12.0 Å². The summed E-state index contributed by atoms with van der Waals surface area (Å²) in [6.07, 6.45) is 2.37. The molecule has 33 heavy (non-hydrogen) atoms. The van der Waals surface area contributed by atoms with Gasteiger partial charge in [-0.25, -0.2) is 0 Å². The van der Waals surface area contributed by atoms with Crippen molar-refractivity contribution in [3.05, 3.63) is 110 Å². The molecule has 0 aliphatic carbocycles. The SMILES string of the molecule is CCc1ccc(NC(=O)Cn2cc(C(=O)c3ccc(C)cc3)c(=O)c3cc(Cl)ccc32)cc1. The van der Waals surface area contributed by atoms with Gasteiger partial charge >= 0.3 is 0 Å². The molecule has 5 nitrogen and oxygen atoms in total. The first-order valence-corrected chi connectivity index (χ1v) is 11.1. The molecule has 0 bridgehead atoms. The van der Waals surface area contributed by atoms with Crippen molar-refractivity contribution in [3.63, 3.8) is 0 Å². The van der Waals surface area contributed by atoms with Crippen LogP contribution in [0.4, 0.5) is 5.69 Å². The predicted molar refractivity (Wildman–Crippen MR) is 132 cm³/mol. The summed E-state index contributed by atoms with van der Waals surface area (Å²) in [6, 6.07) is 19.5. The van der Waals surface area contributed by atoms with Gasteiger partial charge in [-0.15, -0.1) is 0 Å². The average Bonchev–Trinajstić information content (AvgIpc) is 2.81. The van der Waals surface area contributed by atoms with Crippen LogP contribution in [0.1, 0.15) is 34.0 Å². The number of rotatable bonds is 6. The van der Waals surface area contributed by atoms with Crippen LogP contribution in [0, 0.1) is 6.92 Å². The van der Waals surface area contributed by atoms with Crippen LogP contribution < -0.4 is 10.7 Å². The highest BCUT2D eigenvalue weighted by atomic mass is 35.5. The number of hydrogen-bond donors (Lipinski definition) is 1. The van der Waals surface area contributed by atoms with E-state index in [4.69, 9.17) is 11.6 Å². The summed E-state index contributed by atoms with van der Waals surface area (Å²) in [6.45, 7) is 3.92. The Hall–Kier alpha value is -3.70. The number of amides is 1. The molecule has 0 unspecified atom stereocenters. The minimum Gasteiger partial charge on any atom is -0.337 e. The Labute approximate surface area is 196 Å². The number of anilines is 1. The second kappa shape index (κ2) is 9.43. The highest BCUT2D eigenvalue weighted by Crippen LogP contribution is 2.20. The van der Waals surface area contributed by atoms with Gasteiger partial charge < -0.3 is 9.88 Å². The van der Waals surface area contributed by atoms with Gasteiger partial charge in [0.2, 0.25) is 11.3 Å². The zero-order chi connectivity index (χ0) is 23.5. The van der Waals surface area contributed by atoms with Crippen molar-refractivity contribution in [3.8, 4) is 0 Å². The van der Waals surface area contributed by atoms with E-state index in [9.17, 15) is 14.4 Å². The highest BCUT2D eigenvalue weighted by molar-refractivity contribution is 6.31. The largest absolute Gasteiger partial charge is 0.337 e. The Bertz CT molecular complexity index is 1400. The zero-order valence-corrected chi connectivity index (χ0v) is 19.1. The maximum atomic E-state index is 13.2. The third-order valence-electron chi connectivity index (χ3n) is 5.56. The molecule has 0 atom stereocenters. The van der Waals surface area contributed by atoms with Crippen molar-refractivity contribution in [2.75, 3.05) is 5.32 Å². The van der Waals surface area contributed by atoms with Gasteiger partial charge in [-0.1, -0.05) is 60.5 Å². The number of ketones is 1. The summed E-state index contributed by atoms with van der Waals surface area (Å²) in [5.74, 6) is -0.668. The van der Waals surface area contributed by atoms with E-state index in [2.05, 4.69) is 12.2 Å². The van der Waals surface area contributed by atoms with E-state index in [1.54, 1.807) is 28.8 Å². The molecule has 1 N–H and O–H groups in total. The van der Waals surface area contributed by atoms with Gasteiger partial charge in [0.15, 0.2) is 5.78 Å². The number of carbonyl (C=O) groups is 2. The van der Waals surface area contributed by atoms with Crippen LogP contribution in [0.2, 0.25) is 5.02 Å². The van der Waals surface area contributed by atoms with Gasteiger partial charge in [0.25, 0.3) is 0 Å². The van der Waals surface area contributed by atoms with Crippen LogP contribution in [0.15, 0.2) is 77.7 Å². The number of carbonyl (C=O) groups excluding carboxylic acids is 2. The maximum absolute atomic E-state index is 13.2. The molecule has 0 spiro atoms. The molecule has 0 saturated heterocycles. The van der Waals surface area contributed by atoms with E-state index in [-0.39, 0.29) is 18.0 Å². The van der Waals surface area contributed by atoms with Crippen LogP contribution in [-0.4, -0.2) is 16.3 Å². The van der Waals surface area contributed by atoms with E-state index >= 15 is 0 Å². The van der Waals surface area contributed by atoms with Gasteiger partial charge in [-0.3, -0.25) is 14.4 Å². The van der Waals surface area contributed by atoms with Crippen LogP contribution in [-0.2, 0) is 17.8 Å². The van der Waals surface area contributed by atoms with Crippen molar-refractivity contribution >= 4 is 39.9 Å². The van der Waals surface area contributed by atoms with Crippen molar-refractivity contribution in [1.82, 2.24) is 4.57 Å². The van der Waals surface area contributed by atoms with Crippen molar-refractivity contribution in [1.29, 1.82) is 0 Å². The van der Waals surface area contributed by atoms with Gasteiger partial charge in [0, 0.05) is 27.9 Å². The summed E-state index contributed by atoms with van der Waals surface area (Å²) in [4.78, 5) is 39.1. The van der Waals surface area contributed by atoms with Gasteiger partial charge in [-0.05, 0) is 49.2 Å². The monoisotopic (exact) mass is 458 g/mol. The second-order valence-electron chi connectivity index (χ2n) is 7.96. The van der Waals surface area contributed by atoms with Crippen LogP contribution in [0.5, 0.6) is 0 Å². The summed E-state index contributed by atoms with van der Waals surface area (Å²) >= 11 is 6.13. The lowest BCUT2D eigenvalue weighted by molar-refractivity contribution is -0.116. The lowest BCUT2D eigenvalue weighted by atomic mass is 10.0. The summed E-state index contributed by atoms with van der Waals surface area (Å²) in [7, 11) is 0. The van der Waals surface area contributed by atoms with E-state index in [0.29, 0.717) is 27.2 Å². The minimum absolute atomic E-state index is 0.00582. The van der Waals surface area contributed by atoms with Crippen LogP contribution in [0.3, 0.4) is 0 Å². The molecular weight excluding hydrogens is 436 g/mol. The predicted octanol–water partition coefficient (Wildman–Crippen LogP) is 5.40. The summed E-state index contributed by atoms with van der Waals surface area (Å²) in [5.41, 5.74) is 3.39. The molecule has 1 heterocycles. The number of benzene rings is 3. The molecule has 0 fully saturated rings. The van der Waals surface area contributed by atoms with E-state index in [1.807, 2.05) is 43.3 Å². The topological polar surface area (TPSA) is 68.2 Å². The molecule has 0 saturated carbocycles. The standard InChI is InChI=1S/C27H23ClN2O3/c1-3-18-6-11-21(12-7-18)29-25(31)16-30-15-23(26(32)19-8-4-17(2)5-9-19)27(33)22-14-20(28)10-13-24(22)30/h4-15H,3,16H2,1-2H3,(H,29,31). The Balaban J connectivity index is 1.72. The van der Waals surface area contributed by atoms with E-state index in [1.165, 1.54) is 17.8 Å². The molecule has 4 aromatic rings.